The van der Waals surface area contributed by atoms with Crippen molar-refractivity contribution in [2.75, 3.05) is 13.2 Å². The molecule has 0 spiro atoms. The summed E-state index contributed by atoms with van der Waals surface area (Å²) >= 11 is 1.83. The summed E-state index contributed by atoms with van der Waals surface area (Å²) in [6.07, 6.45) is 1.26. The normalized spacial score (nSPS) is 9.83. The van der Waals surface area contributed by atoms with E-state index in [2.05, 4.69) is 9.97 Å². The van der Waals surface area contributed by atoms with Crippen molar-refractivity contribution in [3.63, 3.8) is 0 Å². The van der Waals surface area contributed by atoms with Crippen LogP contribution < -0.4 is 10.3 Å². The van der Waals surface area contributed by atoms with Crippen LogP contribution in [0.3, 0.4) is 0 Å². The maximum atomic E-state index is 11.0. The number of aromatic amines is 1. The first-order valence-electron chi connectivity index (χ1n) is 3.22. The maximum absolute atomic E-state index is 11.0. The minimum absolute atomic E-state index is 0.0927. The van der Waals surface area contributed by atoms with Crippen molar-refractivity contribution in [2.45, 2.75) is 0 Å². The fourth-order valence-corrected chi connectivity index (χ4v) is 1.06. The van der Waals surface area contributed by atoms with Gasteiger partial charge in [0, 0.05) is 0 Å². The van der Waals surface area contributed by atoms with E-state index in [1.807, 2.05) is 22.6 Å². The summed E-state index contributed by atoms with van der Waals surface area (Å²) in [6, 6.07) is 0. The van der Waals surface area contributed by atoms with Crippen molar-refractivity contribution in [3.05, 3.63) is 20.3 Å². The molecule has 0 fully saturated rings. The number of aliphatic hydroxyl groups excluding tert-OH is 1. The van der Waals surface area contributed by atoms with Crippen LogP contribution in [-0.2, 0) is 0 Å². The summed E-state index contributed by atoms with van der Waals surface area (Å²) < 4.78 is 5.37. The first-order chi connectivity index (χ1) is 5.75. The van der Waals surface area contributed by atoms with E-state index in [4.69, 9.17) is 9.84 Å². The van der Waals surface area contributed by atoms with Crippen LogP contribution in [-0.4, -0.2) is 28.3 Å². The molecule has 0 aromatic carbocycles. The fourth-order valence-electron chi connectivity index (χ4n) is 0.610. The third-order valence-electron chi connectivity index (χ3n) is 1.09. The standard InChI is InChI=1S/C6H7IN2O3/c7-4-5(11)8-3-9-6(4)12-2-1-10/h3,10H,1-2H2,(H,8,9,11). The van der Waals surface area contributed by atoms with Crippen molar-refractivity contribution in [1.82, 2.24) is 9.97 Å². The lowest BCUT2D eigenvalue weighted by Gasteiger charge is -2.02. The minimum atomic E-state index is -0.237. The Hall–Kier alpha value is -0.630. The summed E-state index contributed by atoms with van der Waals surface area (Å²) in [6.45, 7) is 0.0526. The Morgan fingerprint density at radius 1 is 1.75 bits per heavy atom. The molecule has 66 valence electrons. The average Bonchev–Trinajstić information content (AvgIpc) is 2.08. The van der Waals surface area contributed by atoms with Gasteiger partial charge in [0.1, 0.15) is 10.2 Å². The van der Waals surface area contributed by atoms with Crippen molar-refractivity contribution in [1.29, 1.82) is 0 Å². The zero-order valence-corrected chi connectivity index (χ0v) is 8.24. The predicted octanol–water partition coefficient (Wildman–Crippen LogP) is -0.254. The van der Waals surface area contributed by atoms with E-state index < -0.39 is 0 Å². The quantitative estimate of drug-likeness (QED) is 0.749. The number of aromatic nitrogens is 2. The molecule has 0 saturated carbocycles. The van der Waals surface area contributed by atoms with Crippen LogP contribution in [0.1, 0.15) is 0 Å². The Balaban J connectivity index is 2.85. The monoisotopic (exact) mass is 282 g/mol. The van der Waals surface area contributed by atoms with Crippen LogP contribution in [0.15, 0.2) is 11.1 Å². The topological polar surface area (TPSA) is 75.2 Å². The molecule has 0 unspecified atom stereocenters. The number of hydrogen-bond donors (Lipinski definition) is 2. The largest absolute Gasteiger partial charge is 0.474 e. The molecule has 12 heavy (non-hydrogen) atoms. The molecule has 0 aliphatic carbocycles. The second-order valence-electron chi connectivity index (χ2n) is 1.92. The van der Waals surface area contributed by atoms with Gasteiger partial charge < -0.3 is 14.8 Å². The third-order valence-corrected chi connectivity index (χ3v) is 2.05. The van der Waals surface area contributed by atoms with Crippen LogP contribution >= 0.6 is 22.6 Å². The molecular weight excluding hydrogens is 275 g/mol. The molecule has 6 heteroatoms. The number of aliphatic hydroxyl groups is 1. The first-order valence-corrected chi connectivity index (χ1v) is 4.30. The van der Waals surface area contributed by atoms with Gasteiger partial charge in [-0.15, -0.1) is 0 Å². The molecule has 1 aromatic rings. The highest BCUT2D eigenvalue weighted by Gasteiger charge is 2.04. The van der Waals surface area contributed by atoms with Gasteiger partial charge in [-0.3, -0.25) is 4.79 Å². The molecule has 2 N–H and O–H groups in total. The van der Waals surface area contributed by atoms with Crippen LogP contribution in [0.2, 0.25) is 0 Å². The van der Waals surface area contributed by atoms with E-state index >= 15 is 0 Å². The molecule has 1 rings (SSSR count). The first kappa shape index (κ1) is 9.46. The second-order valence-corrected chi connectivity index (χ2v) is 3.00. The van der Waals surface area contributed by atoms with E-state index in [0.717, 1.165) is 0 Å². The Kier molecular flexibility index (Phi) is 3.48. The van der Waals surface area contributed by atoms with E-state index in [0.29, 0.717) is 3.57 Å². The summed E-state index contributed by atoms with van der Waals surface area (Å²) in [4.78, 5) is 17.1. The third kappa shape index (κ3) is 2.18. The minimum Gasteiger partial charge on any atom is -0.474 e. The molecule has 1 heterocycles. The molecule has 0 aliphatic rings. The zero-order valence-electron chi connectivity index (χ0n) is 6.08. The molecule has 0 radical (unpaired) electrons. The summed E-state index contributed by atoms with van der Waals surface area (Å²) in [5.41, 5.74) is -0.237. The molecule has 0 aliphatic heterocycles. The molecule has 5 nitrogen and oxygen atoms in total. The van der Waals surface area contributed by atoms with Gasteiger partial charge >= 0.3 is 0 Å². The summed E-state index contributed by atoms with van der Waals surface area (Å²) in [5, 5.41) is 8.45. The SMILES string of the molecule is O=c1[nH]cnc(OCCO)c1I. The number of H-pyrrole nitrogens is 1. The van der Waals surface area contributed by atoms with Gasteiger partial charge in [-0.05, 0) is 22.6 Å². The van der Waals surface area contributed by atoms with E-state index in [1.165, 1.54) is 6.33 Å². The number of halogens is 1. The smallest absolute Gasteiger partial charge is 0.268 e. The van der Waals surface area contributed by atoms with Crippen molar-refractivity contribution in [3.8, 4) is 5.88 Å². The molecule has 0 amide bonds. The lowest BCUT2D eigenvalue weighted by Crippen LogP contribution is -2.14. The van der Waals surface area contributed by atoms with Crippen molar-refractivity contribution < 1.29 is 9.84 Å². The van der Waals surface area contributed by atoms with Gasteiger partial charge in [-0.1, -0.05) is 0 Å². The molecule has 0 bridgehead atoms. The van der Waals surface area contributed by atoms with E-state index in [9.17, 15) is 4.79 Å². The Morgan fingerprint density at radius 2 is 2.50 bits per heavy atom. The number of nitrogens with zero attached hydrogens (tertiary/aromatic N) is 1. The van der Waals surface area contributed by atoms with Gasteiger partial charge in [-0.2, -0.15) is 0 Å². The van der Waals surface area contributed by atoms with Gasteiger partial charge in [0.2, 0.25) is 5.88 Å². The average molecular weight is 282 g/mol. The number of rotatable bonds is 3. The Morgan fingerprint density at radius 3 is 3.17 bits per heavy atom. The highest BCUT2D eigenvalue weighted by Crippen LogP contribution is 2.10. The molecule has 1 aromatic heterocycles. The number of hydrogen-bond acceptors (Lipinski definition) is 4. The van der Waals surface area contributed by atoms with Crippen LogP contribution in [0.4, 0.5) is 0 Å². The zero-order chi connectivity index (χ0) is 8.97. The van der Waals surface area contributed by atoms with E-state index in [1.54, 1.807) is 0 Å². The fraction of sp³-hybridized carbons (Fsp3) is 0.333. The summed E-state index contributed by atoms with van der Waals surface area (Å²) in [7, 11) is 0. The predicted molar refractivity (Wildman–Crippen MR) is 50.2 cm³/mol. The molecular formula is C6H7IN2O3. The summed E-state index contributed by atoms with van der Waals surface area (Å²) in [5.74, 6) is 0.258. The maximum Gasteiger partial charge on any atom is 0.268 e. The Bertz CT molecular complexity index is 312. The molecule has 0 atom stereocenters. The highest BCUT2D eigenvalue weighted by molar-refractivity contribution is 14.1. The van der Waals surface area contributed by atoms with Gasteiger partial charge in [0.05, 0.1) is 12.9 Å². The van der Waals surface area contributed by atoms with Crippen LogP contribution in [0.5, 0.6) is 5.88 Å². The number of ether oxygens (including phenoxy) is 1. The molecule has 0 saturated heterocycles. The number of nitrogens with one attached hydrogen (secondary N) is 1. The lowest BCUT2D eigenvalue weighted by molar-refractivity contribution is 0.195. The van der Waals surface area contributed by atoms with Gasteiger partial charge in [0.25, 0.3) is 5.56 Å². The highest BCUT2D eigenvalue weighted by atomic mass is 127. The van der Waals surface area contributed by atoms with Crippen LogP contribution in [0.25, 0.3) is 0 Å². The van der Waals surface area contributed by atoms with Crippen molar-refractivity contribution in [2.24, 2.45) is 0 Å². The lowest BCUT2D eigenvalue weighted by atomic mass is 10.6. The van der Waals surface area contributed by atoms with Crippen LogP contribution in [0, 0.1) is 3.57 Å². The van der Waals surface area contributed by atoms with Gasteiger partial charge in [0.15, 0.2) is 0 Å². The second kappa shape index (κ2) is 4.41. The van der Waals surface area contributed by atoms with Crippen molar-refractivity contribution >= 4 is 22.6 Å². The van der Waals surface area contributed by atoms with Gasteiger partial charge in [-0.25, -0.2) is 4.98 Å². The van der Waals surface area contributed by atoms with E-state index in [-0.39, 0.29) is 24.7 Å². The Labute approximate surface area is 81.9 Å².